The van der Waals surface area contributed by atoms with E-state index in [2.05, 4.69) is 4.99 Å². The lowest BCUT2D eigenvalue weighted by atomic mass is 10.3. The molecule has 1 aliphatic rings. The maximum absolute atomic E-state index is 10.9. The van der Waals surface area contributed by atoms with Crippen LogP contribution in [0.2, 0.25) is 0 Å². The summed E-state index contributed by atoms with van der Waals surface area (Å²) in [7, 11) is 0. The second kappa shape index (κ2) is 4.81. The van der Waals surface area contributed by atoms with E-state index in [4.69, 9.17) is 14.6 Å². The Kier molecular flexibility index (Phi) is 3.70. The number of carbonyl (C=O) groups excluding carboxylic acids is 1. The fraction of sp³-hybridized carbons (Fsp3) is 0.750. The van der Waals surface area contributed by atoms with Gasteiger partial charge in [0.1, 0.15) is 6.61 Å². The van der Waals surface area contributed by atoms with Gasteiger partial charge < -0.3 is 14.6 Å². The number of hydrogen-bond acceptors (Lipinski definition) is 5. The molecule has 1 unspecified atom stereocenters. The Morgan fingerprint density at radius 3 is 3.15 bits per heavy atom. The minimum Gasteiger partial charge on any atom is -0.477 e. The predicted octanol–water partition coefficient (Wildman–Crippen LogP) is -0.271. The molecule has 74 valence electrons. The van der Waals surface area contributed by atoms with Crippen molar-refractivity contribution >= 4 is 11.9 Å². The Morgan fingerprint density at radius 1 is 1.85 bits per heavy atom. The van der Waals surface area contributed by atoms with Crippen LogP contribution in [0.25, 0.3) is 0 Å². The summed E-state index contributed by atoms with van der Waals surface area (Å²) < 4.78 is 9.80. The molecule has 0 bridgehead atoms. The fourth-order valence-electron chi connectivity index (χ4n) is 0.909. The van der Waals surface area contributed by atoms with Crippen molar-refractivity contribution in [1.82, 2.24) is 0 Å². The first-order valence-electron chi connectivity index (χ1n) is 4.18. The van der Waals surface area contributed by atoms with E-state index < -0.39 is 12.1 Å². The van der Waals surface area contributed by atoms with Crippen LogP contribution in [0.5, 0.6) is 0 Å². The summed E-state index contributed by atoms with van der Waals surface area (Å²) in [5, 5.41) is 8.85. The highest BCUT2D eigenvalue weighted by molar-refractivity contribution is 5.81. The Balaban J connectivity index is 2.14. The molecule has 0 aromatic heterocycles. The van der Waals surface area contributed by atoms with Gasteiger partial charge in [-0.3, -0.25) is 4.79 Å². The number of esters is 1. The monoisotopic (exact) mass is 187 g/mol. The molecule has 13 heavy (non-hydrogen) atoms. The first kappa shape index (κ1) is 9.98. The van der Waals surface area contributed by atoms with E-state index in [0.717, 1.165) is 0 Å². The van der Waals surface area contributed by atoms with Crippen LogP contribution < -0.4 is 0 Å². The van der Waals surface area contributed by atoms with Crippen molar-refractivity contribution in [3.05, 3.63) is 0 Å². The number of carbonyl (C=O) groups is 1. The zero-order valence-corrected chi connectivity index (χ0v) is 7.52. The number of aliphatic hydroxyl groups excluding tert-OH is 1. The molecule has 0 amide bonds. The molecule has 0 saturated carbocycles. The second-order valence-electron chi connectivity index (χ2n) is 2.84. The zero-order valence-electron chi connectivity index (χ0n) is 7.52. The number of aliphatic hydroxyl groups is 1. The van der Waals surface area contributed by atoms with Crippen LogP contribution in [0.1, 0.15) is 13.3 Å². The Hall–Kier alpha value is -1.10. The molecule has 1 N–H and O–H groups in total. The first-order chi connectivity index (χ1) is 6.18. The van der Waals surface area contributed by atoms with Crippen molar-refractivity contribution in [2.24, 2.45) is 4.99 Å². The summed E-state index contributed by atoms with van der Waals surface area (Å²) in [4.78, 5) is 14.9. The maximum atomic E-state index is 10.9. The summed E-state index contributed by atoms with van der Waals surface area (Å²) in [6, 6.07) is 0. The summed E-state index contributed by atoms with van der Waals surface area (Å²) in [6.07, 6.45) is -0.660. The van der Waals surface area contributed by atoms with Crippen LogP contribution in [0, 0.1) is 0 Å². The molecule has 0 fully saturated rings. The Morgan fingerprint density at radius 2 is 2.62 bits per heavy atom. The van der Waals surface area contributed by atoms with E-state index in [1.54, 1.807) is 0 Å². The number of hydrogen-bond donors (Lipinski definition) is 1. The third-order valence-corrected chi connectivity index (χ3v) is 1.47. The van der Waals surface area contributed by atoms with Gasteiger partial charge in [-0.15, -0.1) is 0 Å². The van der Waals surface area contributed by atoms with Gasteiger partial charge in [0.05, 0.1) is 19.1 Å². The van der Waals surface area contributed by atoms with E-state index in [-0.39, 0.29) is 13.0 Å². The fourth-order valence-corrected chi connectivity index (χ4v) is 0.909. The van der Waals surface area contributed by atoms with E-state index in [9.17, 15) is 4.79 Å². The van der Waals surface area contributed by atoms with Gasteiger partial charge in [-0.25, -0.2) is 4.99 Å². The molecule has 5 heteroatoms. The van der Waals surface area contributed by atoms with Crippen molar-refractivity contribution in [3.8, 4) is 0 Å². The minimum atomic E-state index is -0.668. The van der Waals surface area contributed by atoms with Crippen LogP contribution in [0.3, 0.4) is 0 Å². The second-order valence-corrected chi connectivity index (χ2v) is 2.84. The third-order valence-electron chi connectivity index (χ3n) is 1.47. The molecule has 0 aliphatic carbocycles. The molecular weight excluding hydrogens is 174 g/mol. The molecule has 1 atom stereocenters. The maximum Gasteiger partial charge on any atom is 0.308 e. The number of rotatable bonds is 4. The lowest BCUT2D eigenvalue weighted by Gasteiger charge is -2.05. The van der Waals surface area contributed by atoms with Crippen LogP contribution in [0.15, 0.2) is 4.99 Å². The van der Waals surface area contributed by atoms with Gasteiger partial charge in [0, 0.05) is 0 Å². The highest BCUT2D eigenvalue weighted by Gasteiger charge is 2.11. The van der Waals surface area contributed by atoms with Crippen molar-refractivity contribution in [3.63, 3.8) is 0 Å². The summed E-state index contributed by atoms with van der Waals surface area (Å²) in [5.74, 6) is 0.0205. The lowest BCUT2D eigenvalue weighted by Crippen LogP contribution is -2.17. The lowest BCUT2D eigenvalue weighted by molar-refractivity contribution is -0.144. The largest absolute Gasteiger partial charge is 0.477 e. The van der Waals surface area contributed by atoms with Gasteiger partial charge in [0.25, 0.3) is 0 Å². The van der Waals surface area contributed by atoms with Crippen molar-refractivity contribution in [2.45, 2.75) is 19.4 Å². The minimum absolute atomic E-state index is 0.00722. The molecule has 0 radical (unpaired) electrons. The SMILES string of the molecule is CC(O)CC(=O)OCC1=NCCO1. The van der Waals surface area contributed by atoms with Crippen LogP contribution >= 0.6 is 0 Å². The summed E-state index contributed by atoms with van der Waals surface area (Å²) >= 11 is 0. The van der Waals surface area contributed by atoms with Crippen molar-refractivity contribution in [1.29, 1.82) is 0 Å². The molecular formula is C8H13NO4. The van der Waals surface area contributed by atoms with Crippen LogP contribution in [-0.4, -0.2) is 42.8 Å². The topological polar surface area (TPSA) is 68.1 Å². The van der Waals surface area contributed by atoms with Gasteiger partial charge in [-0.1, -0.05) is 0 Å². The number of aliphatic imine (C=N–C) groups is 1. The third kappa shape index (κ3) is 3.89. The molecule has 0 saturated heterocycles. The van der Waals surface area contributed by atoms with Crippen molar-refractivity contribution < 1.29 is 19.4 Å². The smallest absolute Gasteiger partial charge is 0.308 e. The quantitative estimate of drug-likeness (QED) is 0.615. The molecule has 5 nitrogen and oxygen atoms in total. The summed E-state index contributed by atoms with van der Waals surface area (Å²) in [5.41, 5.74) is 0. The summed E-state index contributed by atoms with van der Waals surface area (Å²) in [6.45, 7) is 2.79. The number of ether oxygens (including phenoxy) is 2. The van der Waals surface area contributed by atoms with Crippen LogP contribution in [0.4, 0.5) is 0 Å². The standard InChI is InChI=1S/C8H13NO4/c1-6(10)4-8(11)13-5-7-9-2-3-12-7/h6,10H,2-5H2,1H3. The predicted molar refractivity (Wildman–Crippen MR) is 45.5 cm³/mol. The molecule has 0 aromatic rings. The van der Waals surface area contributed by atoms with Crippen molar-refractivity contribution in [2.75, 3.05) is 19.8 Å². The van der Waals surface area contributed by atoms with E-state index in [1.165, 1.54) is 6.92 Å². The zero-order chi connectivity index (χ0) is 9.68. The van der Waals surface area contributed by atoms with Gasteiger partial charge in [0.2, 0.25) is 5.90 Å². The van der Waals surface area contributed by atoms with E-state index in [1.807, 2.05) is 0 Å². The van der Waals surface area contributed by atoms with Gasteiger partial charge in [-0.2, -0.15) is 0 Å². The Labute approximate surface area is 76.4 Å². The molecule has 0 spiro atoms. The van der Waals surface area contributed by atoms with Gasteiger partial charge >= 0.3 is 5.97 Å². The first-order valence-corrected chi connectivity index (χ1v) is 4.18. The molecule has 0 aromatic carbocycles. The molecule has 1 heterocycles. The number of nitrogens with zero attached hydrogens (tertiary/aromatic N) is 1. The normalized spacial score (nSPS) is 17.5. The molecule has 1 aliphatic heterocycles. The average Bonchev–Trinajstić information content (AvgIpc) is 2.51. The van der Waals surface area contributed by atoms with E-state index >= 15 is 0 Å². The molecule has 1 rings (SSSR count). The highest BCUT2D eigenvalue weighted by Crippen LogP contribution is 1.97. The van der Waals surface area contributed by atoms with Gasteiger partial charge in [0.15, 0.2) is 6.61 Å². The van der Waals surface area contributed by atoms with Crippen LogP contribution in [-0.2, 0) is 14.3 Å². The van der Waals surface area contributed by atoms with Gasteiger partial charge in [-0.05, 0) is 6.92 Å². The average molecular weight is 187 g/mol. The Bertz CT molecular complexity index is 212. The van der Waals surface area contributed by atoms with E-state index in [0.29, 0.717) is 19.0 Å². The highest BCUT2D eigenvalue weighted by atomic mass is 16.6.